The molecule has 0 aromatic heterocycles. The predicted octanol–water partition coefficient (Wildman–Crippen LogP) is 2.27. The highest BCUT2D eigenvalue weighted by Gasteiger charge is 2.40. The van der Waals surface area contributed by atoms with Crippen LogP contribution in [0.15, 0.2) is 53.4 Å². The molecular weight excluding hydrogens is 354 g/mol. The Morgan fingerprint density at radius 3 is 2.50 bits per heavy atom. The second-order valence-corrected chi connectivity index (χ2v) is 8.45. The third kappa shape index (κ3) is 3.35. The molecule has 0 saturated carbocycles. The molecule has 1 aliphatic heterocycles. The largest absolute Gasteiger partial charge is 0.330 e. The van der Waals surface area contributed by atoms with Crippen LogP contribution in [0.5, 0.6) is 0 Å². The number of rotatable bonds is 5. The van der Waals surface area contributed by atoms with E-state index in [9.17, 15) is 18.5 Å². The average molecular weight is 375 g/mol. The molecule has 26 heavy (non-hydrogen) atoms. The van der Waals surface area contributed by atoms with Gasteiger partial charge >= 0.3 is 0 Å². The first-order chi connectivity index (χ1) is 12.3. The Morgan fingerprint density at radius 2 is 1.88 bits per heavy atom. The van der Waals surface area contributed by atoms with Crippen molar-refractivity contribution in [3.05, 3.63) is 69.8 Å². The van der Waals surface area contributed by atoms with Crippen molar-refractivity contribution in [1.82, 2.24) is 4.31 Å². The average Bonchev–Trinajstić information content (AvgIpc) is 3.07. The van der Waals surface area contributed by atoms with E-state index in [1.165, 1.54) is 16.4 Å². The molecule has 0 bridgehead atoms. The van der Waals surface area contributed by atoms with E-state index in [2.05, 4.69) is 0 Å². The molecular formula is C18H21N3O4S. The third-order valence-electron chi connectivity index (χ3n) is 4.94. The summed E-state index contributed by atoms with van der Waals surface area (Å²) in [5, 5.41) is 11.0. The van der Waals surface area contributed by atoms with E-state index in [0.29, 0.717) is 25.2 Å². The first-order valence-electron chi connectivity index (χ1n) is 8.34. The smallest absolute Gasteiger partial charge is 0.270 e. The molecule has 2 N–H and O–H groups in total. The summed E-state index contributed by atoms with van der Waals surface area (Å²) in [7, 11) is -3.84. The summed E-state index contributed by atoms with van der Waals surface area (Å²) in [5.74, 6) is 0.0150. The van der Waals surface area contributed by atoms with Gasteiger partial charge in [0, 0.05) is 31.1 Å². The zero-order chi connectivity index (χ0) is 18.9. The highest BCUT2D eigenvalue weighted by molar-refractivity contribution is 7.89. The summed E-state index contributed by atoms with van der Waals surface area (Å²) in [6.07, 6.45) is 0. The van der Waals surface area contributed by atoms with Crippen LogP contribution in [0.4, 0.5) is 5.69 Å². The van der Waals surface area contributed by atoms with Crippen molar-refractivity contribution in [3.8, 4) is 0 Å². The summed E-state index contributed by atoms with van der Waals surface area (Å²) >= 11 is 0. The Morgan fingerprint density at radius 1 is 1.19 bits per heavy atom. The van der Waals surface area contributed by atoms with E-state index in [0.717, 1.165) is 11.6 Å². The molecule has 2 aromatic rings. The van der Waals surface area contributed by atoms with Gasteiger partial charge in [-0.15, -0.1) is 0 Å². The highest BCUT2D eigenvalue weighted by atomic mass is 32.2. The second-order valence-electron chi connectivity index (χ2n) is 6.54. The van der Waals surface area contributed by atoms with Gasteiger partial charge in [-0.3, -0.25) is 10.1 Å². The fourth-order valence-electron chi connectivity index (χ4n) is 3.46. The minimum atomic E-state index is -3.84. The number of hydrogen-bond donors (Lipinski definition) is 1. The van der Waals surface area contributed by atoms with E-state index in [-0.39, 0.29) is 22.4 Å². The first-order valence-corrected chi connectivity index (χ1v) is 9.79. The van der Waals surface area contributed by atoms with Crippen LogP contribution in [0.25, 0.3) is 0 Å². The third-order valence-corrected chi connectivity index (χ3v) is 6.91. The van der Waals surface area contributed by atoms with E-state index in [4.69, 9.17) is 5.73 Å². The number of hydrogen-bond acceptors (Lipinski definition) is 5. The number of nitro groups is 1. The van der Waals surface area contributed by atoms with Gasteiger partial charge in [-0.2, -0.15) is 4.31 Å². The fourth-order valence-corrected chi connectivity index (χ4v) is 5.23. The maximum Gasteiger partial charge on any atom is 0.270 e. The van der Waals surface area contributed by atoms with E-state index in [1.54, 1.807) is 6.92 Å². The quantitative estimate of drug-likeness (QED) is 0.637. The lowest BCUT2D eigenvalue weighted by atomic mass is 9.89. The lowest BCUT2D eigenvalue weighted by Gasteiger charge is -2.18. The van der Waals surface area contributed by atoms with Crippen LogP contribution in [0.3, 0.4) is 0 Å². The van der Waals surface area contributed by atoms with Crippen molar-refractivity contribution < 1.29 is 13.3 Å². The fraction of sp³-hybridized carbons (Fsp3) is 0.333. The summed E-state index contributed by atoms with van der Waals surface area (Å²) in [6, 6.07) is 13.6. The number of benzene rings is 2. The topological polar surface area (TPSA) is 107 Å². The van der Waals surface area contributed by atoms with Gasteiger partial charge in [0.05, 0.1) is 9.82 Å². The van der Waals surface area contributed by atoms with Gasteiger partial charge in [-0.25, -0.2) is 8.42 Å². The number of nitrogens with two attached hydrogens (primary N) is 1. The number of non-ortho nitro benzene ring substituents is 1. The molecule has 1 heterocycles. The summed E-state index contributed by atoms with van der Waals surface area (Å²) in [4.78, 5) is 10.4. The van der Waals surface area contributed by atoms with Gasteiger partial charge < -0.3 is 5.73 Å². The number of nitrogens with zero attached hydrogens (tertiary/aromatic N) is 2. The van der Waals surface area contributed by atoms with Crippen molar-refractivity contribution in [3.63, 3.8) is 0 Å². The number of sulfonamides is 1. The number of aryl methyl sites for hydroxylation is 1. The lowest BCUT2D eigenvalue weighted by molar-refractivity contribution is -0.385. The standard InChI is InChI=1S/C18H21N3O4S/c1-13-7-8-16(21(22)23)9-18(13)26(24,25)20-11-15(10-19)17(12-20)14-5-3-2-4-6-14/h2-9,15,17H,10-12,19H2,1H3/t15-,17+/m1/s1. The maximum absolute atomic E-state index is 13.1. The monoisotopic (exact) mass is 375 g/mol. The molecule has 1 saturated heterocycles. The van der Waals surface area contributed by atoms with Crippen LogP contribution >= 0.6 is 0 Å². The molecule has 2 atom stereocenters. The van der Waals surface area contributed by atoms with Crippen molar-refractivity contribution in [2.75, 3.05) is 19.6 Å². The normalized spacial score (nSPS) is 21.0. The van der Waals surface area contributed by atoms with Gasteiger partial charge in [-0.1, -0.05) is 36.4 Å². The van der Waals surface area contributed by atoms with Gasteiger partial charge in [-0.05, 0) is 30.5 Å². The molecule has 3 rings (SSSR count). The van der Waals surface area contributed by atoms with Crippen molar-refractivity contribution in [2.45, 2.75) is 17.7 Å². The molecule has 0 spiro atoms. The first kappa shape index (κ1) is 18.5. The Balaban J connectivity index is 1.96. The molecule has 2 aromatic carbocycles. The maximum atomic E-state index is 13.1. The Hall–Kier alpha value is -2.29. The van der Waals surface area contributed by atoms with Crippen LogP contribution in [0.1, 0.15) is 17.0 Å². The van der Waals surface area contributed by atoms with Gasteiger partial charge in [0.25, 0.3) is 5.69 Å². The molecule has 0 radical (unpaired) electrons. The molecule has 8 heteroatoms. The van der Waals surface area contributed by atoms with Crippen molar-refractivity contribution in [2.24, 2.45) is 11.7 Å². The van der Waals surface area contributed by atoms with Gasteiger partial charge in [0.1, 0.15) is 0 Å². The molecule has 0 unspecified atom stereocenters. The Bertz CT molecular complexity index is 915. The van der Waals surface area contributed by atoms with Crippen LogP contribution in [0, 0.1) is 23.0 Å². The molecule has 138 valence electrons. The zero-order valence-electron chi connectivity index (χ0n) is 14.4. The van der Waals surface area contributed by atoms with E-state index >= 15 is 0 Å². The minimum absolute atomic E-state index is 0.00572. The predicted molar refractivity (Wildman–Crippen MR) is 98.3 cm³/mol. The SMILES string of the molecule is Cc1ccc([N+](=O)[O-])cc1S(=O)(=O)N1C[C@@H](CN)[C@H](c2ccccc2)C1. The molecule has 0 amide bonds. The van der Waals surface area contributed by atoms with Gasteiger partial charge in [0.2, 0.25) is 10.0 Å². The molecule has 0 aliphatic carbocycles. The highest BCUT2D eigenvalue weighted by Crippen LogP contribution is 2.36. The molecule has 1 aliphatic rings. The minimum Gasteiger partial charge on any atom is -0.330 e. The van der Waals surface area contributed by atoms with Crippen LogP contribution in [-0.2, 0) is 10.0 Å². The van der Waals surface area contributed by atoms with E-state index < -0.39 is 14.9 Å². The Labute approximate surface area is 152 Å². The molecule has 7 nitrogen and oxygen atoms in total. The number of nitro benzene ring substituents is 1. The summed E-state index contributed by atoms with van der Waals surface area (Å²) in [6.45, 7) is 2.64. The van der Waals surface area contributed by atoms with Crippen LogP contribution < -0.4 is 5.73 Å². The molecule has 1 fully saturated rings. The van der Waals surface area contributed by atoms with Crippen LogP contribution in [-0.4, -0.2) is 37.3 Å². The lowest BCUT2D eigenvalue weighted by Crippen LogP contribution is -2.30. The Kier molecular flexibility index (Phi) is 5.08. The second kappa shape index (κ2) is 7.14. The summed E-state index contributed by atoms with van der Waals surface area (Å²) < 4.78 is 27.7. The van der Waals surface area contributed by atoms with Crippen molar-refractivity contribution >= 4 is 15.7 Å². The van der Waals surface area contributed by atoms with Crippen molar-refractivity contribution in [1.29, 1.82) is 0 Å². The van der Waals surface area contributed by atoms with Gasteiger partial charge in [0.15, 0.2) is 0 Å². The zero-order valence-corrected chi connectivity index (χ0v) is 15.2. The summed E-state index contributed by atoms with van der Waals surface area (Å²) in [5.41, 5.74) is 7.20. The van der Waals surface area contributed by atoms with E-state index in [1.807, 2.05) is 30.3 Å². The van der Waals surface area contributed by atoms with Crippen LogP contribution in [0.2, 0.25) is 0 Å².